The summed E-state index contributed by atoms with van der Waals surface area (Å²) in [6.07, 6.45) is 1.83. The van der Waals surface area contributed by atoms with Crippen molar-refractivity contribution >= 4 is 52.9 Å². The van der Waals surface area contributed by atoms with Gasteiger partial charge >= 0.3 is 18.5 Å². The minimum absolute atomic E-state index is 0.00203. The first-order valence-electron chi connectivity index (χ1n) is 36.4. The number of halogens is 11. The molecule has 6 fully saturated rings. The zero-order valence-electron chi connectivity index (χ0n) is 62.5. The Kier molecular flexibility index (Phi) is 21.7. The number of hydrogen-bond donors (Lipinski definition) is 6. The molecule has 27 nitrogen and oxygen atoms in total. The first kappa shape index (κ1) is 81.1. The molecule has 0 atom stereocenters. The van der Waals surface area contributed by atoms with Gasteiger partial charge in [0.1, 0.15) is 62.9 Å². The number of carbonyl (C=O) groups excluding carboxylic acids is 6. The van der Waals surface area contributed by atoms with Gasteiger partial charge in [-0.15, -0.1) is 0 Å². The fourth-order valence-corrected chi connectivity index (χ4v) is 16.6. The molecule has 116 heavy (non-hydrogen) atoms. The number of amides is 6. The summed E-state index contributed by atoms with van der Waals surface area (Å²) in [6.45, 7) is 8.24. The summed E-state index contributed by atoms with van der Waals surface area (Å²) in [5.41, 5.74) is 35.1. The molecule has 3 spiro atoms. The highest BCUT2D eigenvalue weighted by Crippen LogP contribution is 2.58. The van der Waals surface area contributed by atoms with Crippen LogP contribution in [0.1, 0.15) is 161 Å². The molecule has 6 amide bonds. The molecule has 6 aliphatic rings. The molecule has 606 valence electrons. The number of anilines is 3. The topological polar surface area (TPSA) is 375 Å². The van der Waals surface area contributed by atoms with Crippen LogP contribution < -0.4 is 34.4 Å². The Morgan fingerprint density at radius 1 is 0.448 bits per heavy atom. The zero-order chi connectivity index (χ0) is 83.5. The zero-order valence-corrected chi connectivity index (χ0v) is 62.5. The van der Waals surface area contributed by atoms with Crippen molar-refractivity contribution < 1.29 is 77.1 Å². The summed E-state index contributed by atoms with van der Waals surface area (Å²) in [4.78, 5) is 78.6. The van der Waals surface area contributed by atoms with Crippen molar-refractivity contribution in [1.29, 1.82) is 0 Å². The quantitative estimate of drug-likeness (QED) is 0.0411. The SMILES string of the molecule is CC#CC(=O)N1CCC2(CC(n3nc(-c4cnn(Cc5cc(C(F)(F)F)ccc5F)c4)c(C(N)=O)c3N)C2)C1.CC#CC(=O)N1CCC2(CC(n3nc(-c4cnn(Cc5cc(F)cc(C(F)(F)F)c5)c4)c(C(N)=O)c3N)C2)C1.CC#CC(=O)N1CCC2(CC(n3nc(-c4cnn(Cc5cccc(C(F)(F)F)c5)c4)c(C(N)=O)c3N)C2)C1. The van der Waals surface area contributed by atoms with Gasteiger partial charge in [0.25, 0.3) is 35.4 Å². The number of rotatable bonds is 15. The predicted molar refractivity (Wildman–Crippen MR) is 397 cm³/mol. The molecular formula is C78H76F11N21O6. The Morgan fingerprint density at radius 2 is 0.793 bits per heavy atom. The summed E-state index contributed by atoms with van der Waals surface area (Å²) >= 11 is 0. The maximum atomic E-state index is 14.2. The highest BCUT2D eigenvalue weighted by Gasteiger charge is 2.54. The molecule has 0 bridgehead atoms. The average molecular weight is 1610 g/mol. The highest BCUT2D eigenvalue weighted by molar-refractivity contribution is 6.05. The van der Waals surface area contributed by atoms with Crippen LogP contribution >= 0.6 is 0 Å². The molecule has 15 rings (SSSR count). The molecule has 3 aliphatic heterocycles. The number of primary amides is 3. The van der Waals surface area contributed by atoms with E-state index >= 15 is 0 Å². The first-order chi connectivity index (χ1) is 54.8. The van der Waals surface area contributed by atoms with E-state index in [4.69, 9.17) is 34.4 Å². The van der Waals surface area contributed by atoms with Crippen LogP contribution in [0.25, 0.3) is 33.8 Å². The molecule has 3 saturated heterocycles. The van der Waals surface area contributed by atoms with Crippen molar-refractivity contribution in [2.45, 2.75) is 135 Å². The molecular weight excluding hydrogens is 1540 g/mol. The van der Waals surface area contributed by atoms with Crippen LogP contribution in [0.5, 0.6) is 0 Å². The second-order valence-corrected chi connectivity index (χ2v) is 30.1. The second kappa shape index (κ2) is 31.1. The van der Waals surface area contributed by atoms with Crippen LogP contribution in [0.15, 0.2) is 97.8 Å². The number of benzene rings is 3. The lowest BCUT2D eigenvalue weighted by Gasteiger charge is -2.45. The Labute approximate surface area is 654 Å². The molecule has 6 aromatic heterocycles. The highest BCUT2D eigenvalue weighted by atomic mass is 19.4. The van der Waals surface area contributed by atoms with Gasteiger partial charge in [-0.1, -0.05) is 29.9 Å². The van der Waals surface area contributed by atoms with Gasteiger partial charge in [-0.25, -0.2) is 22.8 Å². The lowest BCUT2D eigenvalue weighted by atomic mass is 9.65. The van der Waals surface area contributed by atoms with E-state index in [1.807, 2.05) is 0 Å². The number of alkyl halides is 9. The van der Waals surface area contributed by atoms with Crippen LogP contribution in [0, 0.1) is 63.4 Å². The summed E-state index contributed by atoms with van der Waals surface area (Å²) in [6, 6.07) is 9.18. The van der Waals surface area contributed by atoms with E-state index in [1.54, 1.807) is 61.8 Å². The van der Waals surface area contributed by atoms with Crippen molar-refractivity contribution in [1.82, 2.24) is 73.4 Å². The standard InChI is InChI=1S/2C26H25F4N7O2.C26H26F3N7O2/c1-2-3-20(38)35-5-4-25(14-35)9-19(10-25)37-23(31)21(24(32)39)22(34-37)16-11-33-36(13-16)12-15-6-17(26(28,29)30)8-18(27)7-15;1-2-3-20(38)35-7-6-25(14-35)9-18(10-25)37-23(31)21(24(32)39)22(34-37)16-11-33-36(13-16)12-15-8-17(26(28,29)30)4-5-19(15)27;1-2-4-20(37)34-8-7-25(15-34)10-19(11-25)36-23(30)21(24(31)38)22(33-36)17-12-32-35(14-17)13-16-5-3-6-18(9-16)26(27,28)29/h6-8,11,13,19H,4-5,9-10,12,14,31H2,1H3,(H2,32,39);4-5,8,11,13,18H,6-7,9-10,12,14,31H2,1H3,(H2,32,39);3,5-6,9,12,14,19H,7-8,10-11,13,15,30H2,1H3,(H2,31,38). The third-order valence-electron chi connectivity index (χ3n) is 22.2. The number of hydrogen-bond acceptors (Lipinski definition) is 15. The van der Waals surface area contributed by atoms with Crippen LogP contribution in [-0.4, -0.2) is 148 Å². The van der Waals surface area contributed by atoms with Crippen molar-refractivity contribution in [3.63, 3.8) is 0 Å². The van der Waals surface area contributed by atoms with Crippen LogP contribution in [0.3, 0.4) is 0 Å². The lowest BCUT2D eigenvalue weighted by molar-refractivity contribution is -0.138. The van der Waals surface area contributed by atoms with Crippen LogP contribution in [0.4, 0.5) is 65.7 Å². The molecule has 3 aromatic carbocycles. The van der Waals surface area contributed by atoms with Crippen molar-refractivity contribution in [3.05, 3.63) is 160 Å². The van der Waals surface area contributed by atoms with E-state index in [1.165, 1.54) is 51.1 Å². The monoisotopic (exact) mass is 1610 g/mol. The number of likely N-dealkylation sites (tertiary alicyclic amines) is 3. The molecule has 3 saturated carbocycles. The third-order valence-corrected chi connectivity index (χ3v) is 22.2. The molecule has 9 heterocycles. The fraction of sp³-hybridized carbons (Fsp3) is 0.385. The molecule has 0 unspecified atom stereocenters. The van der Waals surface area contributed by atoms with E-state index in [2.05, 4.69) is 66.1 Å². The Hall–Kier alpha value is -13.0. The number of aromatic nitrogens is 12. The summed E-state index contributed by atoms with van der Waals surface area (Å²) in [5.74, 6) is 11.3. The van der Waals surface area contributed by atoms with Gasteiger partial charge in [0.05, 0.1) is 73.0 Å². The predicted octanol–water partition coefficient (Wildman–Crippen LogP) is 9.49. The maximum absolute atomic E-state index is 14.2. The van der Waals surface area contributed by atoms with Gasteiger partial charge in [0.2, 0.25) is 0 Å². The van der Waals surface area contributed by atoms with E-state index in [0.717, 1.165) is 68.5 Å². The molecule has 12 N–H and O–H groups in total. The average Bonchev–Trinajstić information content (AvgIpc) is 1.61. The smallest absolute Gasteiger partial charge is 0.383 e. The van der Waals surface area contributed by atoms with E-state index < -0.39 is 64.6 Å². The fourth-order valence-electron chi connectivity index (χ4n) is 16.6. The number of carbonyl (C=O) groups is 6. The minimum Gasteiger partial charge on any atom is -0.383 e. The molecule has 0 radical (unpaired) electrons. The third kappa shape index (κ3) is 16.6. The first-order valence-corrected chi connectivity index (χ1v) is 36.4. The summed E-state index contributed by atoms with van der Waals surface area (Å²) in [5, 5.41) is 26.2. The van der Waals surface area contributed by atoms with Gasteiger partial charge < -0.3 is 49.1 Å². The van der Waals surface area contributed by atoms with Crippen molar-refractivity contribution in [2.24, 2.45) is 33.4 Å². The minimum atomic E-state index is -4.69. The van der Waals surface area contributed by atoms with E-state index in [0.29, 0.717) is 99.3 Å². The largest absolute Gasteiger partial charge is 0.416 e. The number of nitrogens with two attached hydrogens (primary N) is 6. The summed E-state index contributed by atoms with van der Waals surface area (Å²) < 4.78 is 154. The van der Waals surface area contributed by atoms with Gasteiger partial charge in [-0.2, -0.15) is 70.1 Å². The van der Waals surface area contributed by atoms with E-state index in [9.17, 15) is 77.1 Å². The Morgan fingerprint density at radius 3 is 1.15 bits per heavy atom. The van der Waals surface area contributed by atoms with Crippen LogP contribution in [0.2, 0.25) is 0 Å². The second-order valence-electron chi connectivity index (χ2n) is 30.1. The number of nitrogen functional groups attached to an aromatic ring is 3. The van der Waals surface area contributed by atoms with E-state index in [-0.39, 0.29) is 134 Å². The van der Waals surface area contributed by atoms with Gasteiger partial charge in [-0.3, -0.25) is 42.8 Å². The summed E-state index contributed by atoms with van der Waals surface area (Å²) in [7, 11) is 0. The van der Waals surface area contributed by atoms with Crippen molar-refractivity contribution in [3.8, 4) is 69.3 Å². The Bertz CT molecular complexity index is 5590. The maximum Gasteiger partial charge on any atom is 0.416 e. The normalized spacial score (nSPS) is 20.6. The molecule has 9 aromatic rings. The van der Waals surface area contributed by atoms with Gasteiger partial charge in [-0.05, 0) is 172 Å². The Balaban J connectivity index is 0.000000151. The number of nitrogens with zero attached hydrogens (tertiary/aromatic N) is 15. The van der Waals surface area contributed by atoms with Crippen molar-refractivity contribution in [2.75, 3.05) is 56.5 Å². The molecule has 3 aliphatic carbocycles. The van der Waals surface area contributed by atoms with Gasteiger partial charge in [0, 0.05) is 80.1 Å². The van der Waals surface area contributed by atoms with Crippen LogP contribution in [-0.2, 0) is 52.5 Å². The molecule has 38 heteroatoms. The van der Waals surface area contributed by atoms with Gasteiger partial charge in [0.15, 0.2) is 0 Å². The lowest BCUT2D eigenvalue weighted by Crippen LogP contribution is -2.42.